The van der Waals surface area contributed by atoms with Gasteiger partial charge in [-0.1, -0.05) is 24.3 Å². The molecule has 1 heterocycles. The number of fused-ring (bicyclic) bond motifs is 1. The van der Waals surface area contributed by atoms with Crippen LogP contribution < -0.4 is 0 Å². The number of benzene rings is 1. The number of nitrogens with zero attached hydrogens (tertiary/aromatic N) is 1. The zero-order valence-electron chi connectivity index (χ0n) is 5.76. The quantitative estimate of drug-likeness (QED) is 0.760. The number of para-hydroxylation sites is 2. The Hall–Kier alpha value is -0.458. The van der Waals surface area contributed by atoms with Gasteiger partial charge in [0.25, 0.3) is 0 Å². The summed E-state index contributed by atoms with van der Waals surface area (Å²) in [6, 6.07) is 7.60. The molecular weight excluding hydrogens is 364 g/mol. The van der Waals surface area contributed by atoms with E-state index in [0.717, 1.165) is 11.0 Å². The van der Waals surface area contributed by atoms with Crippen LogP contribution in [-0.2, 0) is 0 Å². The number of aromatic amines is 1. The summed E-state index contributed by atoms with van der Waals surface area (Å²) in [5.74, 6) is 0.223. The van der Waals surface area contributed by atoms with Gasteiger partial charge in [0.1, 0.15) is 0 Å². The standard InChI is InChI=1S/C7H6N3.U/c8-7-9-5-3-1-2-4-6(5)10-7;/h1-4H,(H2-,8,9,10);/q-1;. The maximum atomic E-state index is 7.16. The molecule has 4 heteroatoms. The summed E-state index contributed by atoms with van der Waals surface area (Å²) in [5, 5.41) is 0. The van der Waals surface area contributed by atoms with E-state index in [1.807, 2.05) is 24.3 Å². The minimum absolute atomic E-state index is 0. The van der Waals surface area contributed by atoms with Crippen LogP contribution in [0.4, 0.5) is 5.95 Å². The molecule has 0 radical (unpaired) electrons. The first-order chi connectivity index (χ1) is 4.86. The summed E-state index contributed by atoms with van der Waals surface area (Å²) in [6.45, 7) is 0. The van der Waals surface area contributed by atoms with E-state index in [1.54, 1.807) is 0 Å². The number of imidazole rings is 1. The fourth-order valence-corrected chi connectivity index (χ4v) is 0.953. The predicted molar refractivity (Wildman–Crippen MR) is 40.1 cm³/mol. The molecule has 2 rings (SSSR count). The van der Waals surface area contributed by atoms with Gasteiger partial charge in [-0.05, 0) is 5.52 Å². The molecular formula is C7H6N3U-. The van der Waals surface area contributed by atoms with Crippen LogP contribution in [0.5, 0.6) is 0 Å². The molecule has 0 atom stereocenters. The Labute approximate surface area is 87.8 Å². The van der Waals surface area contributed by atoms with Crippen molar-refractivity contribution in [1.29, 1.82) is 0 Å². The molecule has 2 aromatic rings. The third-order valence-electron chi connectivity index (χ3n) is 1.39. The van der Waals surface area contributed by atoms with Crippen LogP contribution in [0, 0.1) is 31.1 Å². The predicted octanol–water partition coefficient (Wildman–Crippen LogP) is 2.25. The van der Waals surface area contributed by atoms with Crippen molar-refractivity contribution in [2.75, 3.05) is 0 Å². The Bertz CT molecular complexity index is 322. The van der Waals surface area contributed by atoms with Crippen LogP contribution in [0.1, 0.15) is 0 Å². The van der Waals surface area contributed by atoms with E-state index >= 15 is 0 Å². The van der Waals surface area contributed by atoms with E-state index in [0.29, 0.717) is 0 Å². The van der Waals surface area contributed by atoms with Crippen LogP contribution in [0.15, 0.2) is 24.3 Å². The molecule has 0 saturated carbocycles. The van der Waals surface area contributed by atoms with E-state index in [4.69, 9.17) is 5.73 Å². The zero-order valence-corrected chi connectivity index (χ0v) is 9.92. The van der Waals surface area contributed by atoms with E-state index in [-0.39, 0.29) is 37.1 Å². The van der Waals surface area contributed by atoms with Crippen molar-refractivity contribution in [2.45, 2.75) is 0 Å². The Morgan fingerprint density at radius 2 is 2.00 bits per heavy atom. The summed E-state index contributed by atoms with van der Waals surface area (Å²) in [5.41, 5.74) is 8.93. The molecule has 0 aliphatic heterocycles. The van der Waals surface area contributed by atoms with Gasteiger partial charge in [0.2, 0.25) is 0 Å². The van der Waals surface area contributed by atoms with Gasteiger partial charge < -0.3 is 15.7 Å². The molecule has 3 nitrogen and oxygen atoms in total. The smallest absolute Gasteiger partial charge is 0.0120 e. The van der Waals surface area contributed by atoms with Crippen LogP contribution >= 0.6 is 0 Å². The molecule has 2 N–H and O–H groups in total. The van der Waals surface area contributed by atoms with Crippen LogP contribution in [-0.4, -0.2) is 9.97 Å². The zero-order chi connectivity index (χ0) is 6.97. The van der Waals surface area contributed by atoms with Gasteiger partial charge >= 0.3 is 0 Å². The first-order valence-corrected chi connectivity index (χ1v) is 3.02. The molecule has 54 valence electrons. The maximum absolute atomic E-state index is 7.16. The molecule has 0 saturated heterocycles. The van der Waals surface area contributed by atoms with E-state index in [1.165, 1.54) is 0 Å². The Morgan fingerprint density at radius 1 is 1.27 bits per heavy atom. The monoisotopic (exact) mass is 370 g/mol. The van der Waals surface area contributed by atoms with Crippen molar-refractivity contribution in [3.63, 3.8) is 0 Å². The van der Waals surface area contributed by atoms with Crippen molar-refractivity contribution in [2.24, 2.45) is 0 Å². The number of H-pyrrole nitrogens is 1. The molecule has 1 aromatic heterocycles. The minimum atomic E-state index is 0. The number of nitrogens with one attached hydrogen (secondary N) is 2. The van der Waals surface area contributed by atoms with Gasteiger partial charge in [-0.25, -0.2) is 0 Å². The van der Waals surface area contributed by atoms with Gasteiger partial charge in [-0.15, -0.1) is 0 Å². The maximum Gasteiger partial charge on any atom is 0.0120 e. The molecule has 0 fully saturated rings. The average molecular weight is 370 g/mol. The van der Waals surface area contributed by atoms with Crippen molar-refractivity contribution < 1.29 is 31.1 Å². The van der Waals surface area contributed by atoms with Crippen LogP contribution in [0.2, 0.25) is 0 Å². The van der Waals surface area contributed by atoms with Gasteiger partial charge in [-0.3, -0.25) is 0 Å². The first-order valence-electron chi connectivity index (χ1n) is 3.02. The fraction of sp³-hybridized carbons (Fsp3) is 0. The molecule has 0 unspecified atom stereocenters. The van der Waals surface area contributed by atoms with Crippen molar-refractivity contribution >= 4 is 17.0 Å². The van der Waals surface area contributed by atoms with Gasteiger partial charge in [0, 0.05) is 42.6 Å². The number of hydrogen-bond acceptors (Lipinski definition) is 1. The molecule has 0 bridgehead atoms. The molecule has 0 aliphatic carbocycles. The summed E-state index contributed by atoms with van der Waals surface area (Å²) >= 11 is 0. The van der Waals surface area contributed by atoms with Crippen LogP contribution in [0.3, 0.4) is 0 Å². The largest absolute Gasteiger partial charge is 0.412 e. The van der Waals surface area contributed by atoms with E-state index in [9.17, 15) is 0 Å². The Balaban J connectivity index is 0.000000605. The molecule has 11 heavy (non-hydrogen) atoms. The van der Waals surface area contributed by atoms with Crippen molar-refractivity contribution in [1.82, 2.24) is 9.97 Å². The summed E-state index contributed by atoms with van der Waals surface area (Å²) in [6.07, 6.45) is 0. The third kappa shape index (κ3) is 1.58. The molecule has 0 amide bonds. The van der Waals surface area contributed by atoms with Crippen LogP contribution in [0.25, 0.3) is 16.8 Å². The Morgan fingerprint density at radius 3 is 2.73 bits per heavy atom. The van der Waals surface area contributed by atoms with Gasteiger partial charge in [0.15, 0.2) is 0 Å². The normalized spacial score (nSPS) is 9.45. The first kappa shape index (κ1) is 8.64. The number of rotatable bonds is 0. The van der Waals surface area contributed by atoms with E-state index < -0.39 is 0 Å². The molecule has 1 aromatic carbocycles. The minimum Gasteiger partial charge on any atom is -0.412 e. The third-order valence-corrected chi connectivity index (χ3v) is 1.39. The number of hydrogen-bond donors (Lipinski definition) is 1. The SMILES string of the molecule is [NH-]c1nc2ccccc2[nH]1.[U]. The van der Waals surface area contributed by atoms with Gasteiger partial charge in [0.05, 0.1) is 0 Å². The summed E-state index contributed by atoms with van der Waals surface area (Å²) in [7, 11) is 0. The Kier molecular flexibility index (Phi) is 2.59. The second kappa shape index (κ2) is 3.29. The van der Waals surface area contributed by atoms with Gasteiger partial charge in [-0.2, -0.15) is 0 Å². The second-order valence-corrected chi connectivity index (χ2v) is 2.10. The second-order valence-electron chi connectivity index (χ2n) is 2.10. The molecule has 0 spiro atoms. The topological polar surface area (TPSA) is 52.5 Å². The summed E-state index contributed by atoms with van der Waals surface area (Å²) < 4.78 is 0. The number of aromatic nitrogens is 2. The van der Waals surface area contributed by atoms with E-state index in [2.05, 4.69) is 9.97 Å². The van der Waals surface area contributed by atoms with Crippen molar-refractivity contribution in [3.05, 3.63) is 30.0 Å². The average Bonchev–Trinajstić information content (AvgIpc) is 2.27. The fourth-order valence-electron chi connectivity index (χ4n) is 0.953. The summed E-state index contributed by atoms with van der Waals surface area (Å²) in [4.78, 5) is 6.74. The van der Waals surface area contributed by atoms with Crippen molar-refractivity contribution in [3.8, 4) is 0 Å². The molecule has 0 aliphatic rings.